The Morgan fingerprint density at radius 1 is 1.35 bits per heavy atom. The quantitative estimate of drug-likeness (QED) is 0.866. The first kappa shape index (κ1) is 14.8. The number of ether oxygens (including phenoxy) is 1. The summed E-state index contributed by atoms with van der Waals surface area (Å²) in [5, 5.41) is 5.56. The number of nitrogens with zero attached hydrogens (tertiary/aromatic N) is 1. The number of hydrogen-bond acceptors (Lipinski definition) is 4. The normalized spacial score (nSPS) is 11.2. The topological polar surface area (TPSA) is 51.2 Å². The minimum atomic E-state index is -0.535. The van der Waals surface area contributed by atoms with E-state index in [-0.39, 0.29) is 0 Å². The number of carbonyl (C=O) groups is 1. The van der Waals surface area contributed by atoms with Crippen LogP contribution in [0.25, 0.3) is 11.3 Å². The van der Waals surface area contributed by atoms with Crippen molar-refractivity contribution >= 4 is 34.2 Å². The van der Waals surface area contributed by atoms with Gasteiger partial charge in [-0.05, 0) is 26.8 Å². The Morgan fingerprint density at radius 2 is 2.05 bits per heavy atom. The number of hydrogen-bond donors (Lipinski definition) is 1. The Bertz CT molecular complexity index is 620. The molecule has 0 aliphatic carbocycles. The Balaban J connectivity index is 2.10. The standard InChI is InChI=1S/C14H15ClN2O2S/c1-14(2,3)19-13(18)17-12-16-11(8-20-12)9-6-4-5-7-10(9)15/h4-8H,1-3H3,(H,16,17,18). The second-order valence-electron chi connectivity index (χ2n) is 5.14. The van der Waals surface area contributed by atoms with Crippen LogP contribution in [0.4, 0.5) is 9.93 Å². The predicted octanol–water partition coefficient (Wildman–Crippen LogP) is 4.81. The predicted molar refractivity (Wildman–Crippen MR) is 82.4 cm³/mol. The summed E-state index contributed by atoms with van der Waals surface area (Å²) in [7, 11) is 0. The molecule has 0 bridgehead atoms. The zero-order valence-corrected chi connectivity index (χ0v) is 13.0. The van der Waals surface area contributed by atoms with E-state index < -0.39 is 11.7 Å². The average molecular weight is 311 g/mol. The Labute approximate surface area is 126 Å². The van der Waals surface area contributed by atoms with Crippen LogP contribution in [0.1, 0.15) is 20.8 Å². The van der Waals surface area contributed by atoms with Gasteiger partial charge in [-0.3, -0.25) is 5.32 Å². The summed E-state index contributed by atoms with van der Waals surface area (Å²) >= 11 is 7.44. The van der Waals surface area contributed by atoms with Gasteiger partial charge in [0, 0.05) is 16.0 Å². The highest BCUT2D eigenvalue weighted by Gasteiger charge is 2.17. The van der Waals surface area contributed by atoms with Crippen LogP contribution in [-0.2, 0) is 4.74 Å². The monoisotopic (exact) mass is 310 g/mol. The lowest BCUT2D eigenvalue weighted by Gasteiger charge is -2.18. The van der Waals surface area contributed by atoms with Gasteiger partial charge in [-0.25, -0.2) is 9.78 Å². The lowest BCUT2D eigenvalue weighted by Crippen LogP contribution is -2.27. The van der Waals surface area contributed by atoms with E-state index in [9.17, 15) is 4.79 Å². The molecule has 1 heterocycles. The third-order valence-electron chi connectivity index (χ3n) is 2.26. The van der Waals surface area contributed by atoms with E-state index >= 15 is 0 Å². The number of thiazole rings is 1. The van der Waals surface area contributed by atoms with E-state index in [4.69, 9.17) is 16.3 Å². The van der Waals surface area contributed by atoms with Gasteiger partial charge >= 0.3 is 6.09 Å². The molecule has 0 atom stereocenters. The third-order valence-corrected chi connectivity index (χ3v) is 3.35. The first-order valence-corrected chi connectivity index (χ1v) is 7.31. The number of amides is 1. The molecule has 4 nitrogen and oxygen atoms in total. The van der Waals surface area contributed by atoms with Crippen molar-refractivity contribution in [2.75, 3.05) is 5.32 Å². The summed E-state index contributed by atoms with van der Waals surface area (Å²) in [4.78, 5) is 16.0. The molecule has 2 rings (SSSR count). The van der Waals surface area contributed by atoms with Gasteiger partial charge in [0.05, 0.1) is 5.69 Å². The molecule has 106 valence electrons. The highest BCUT2D eigenvalue weighted by molar-refractivity contribution is 7.14. The van der Waals surface area contributed by atoms with Gasteiger partial charge in [-0.1, -0.05) is 29.8 Å². The maximum atomic E-state index is 11.6. The Kier molecular flexibility index (Phi) is 4.30. The van der Waals surface area contributed by atoms with Gasteiger partial charge in [-0.15, -0.1) is 11.3 Å². The molecule has 0 fully saturated rings. The number of aromatic nitrogens is 1. The molecule has 2 aromatic rings. The van der Waals surface area contributed by atoms with Crippen molar-refractivity contribution in [1.29, 1.82) is 0 Å². The number of nitrogens with one attached hydrogen (secondary N) is 1. The van der Waals surface area contributed by atoms with Gasteiger partial charge in [0.1, 0.15) is 5.60 Å². The van der Waals surface area contributed by atoms with Gasteiger partial charge in [-0.2, -0.15) is 0 Å². The van der Waals surface area contributed by atoms with Crippen molar-refractivity contribution in [2.24, 2.45) is 0 Å². The van der Waals surface area contributed by atoms with Crippen molar-refractivity contribution < 1.29 is 9.53 Å². The molecule has 20 heavy (non-hydrogen) atoms. The van der Waals surface area contributed by atoms with Crippen LogP contribution in [0.5, 0.6) is 0 Å². The number of carbonyl (C=O) groups excluding carboxylic acids is 1. The SMILES string of the molecule is CC(C)(C)OC(=O)Nc1nc(-c2ccccc2Cl)cs1. The van der Waals surface area contributed by atoms with Gasteiger partial charge in [0.15, 0.2) is 5.13 Å². The summed E-state index contributed by atoms with van der Waals surface area (Å²) in [6.07, 6.45) is -0.516. The van der Waals surface area contributed by atoms with Crippen LogP contribution in [0, 0.1) is 0 Å². The first-order valence-electron chi connectivity index (χ1n) is 6.05. The molecule has 1 N–H and O–H groups in total. The number of anilines is 1. The van der Waals surface area contributed by atoms with Crippen LogP contribution in [0.15, 0.2) is 29.6 Å². The molecule has 1 amide bonds. The molecule has 0 aliphatic rings. The van der Waals surface area contributed by atoms with Crippen molar-refractivity contribution in [3.63, 3.8) is 0 Å². The molecule has 0 spiro atoms. The highest BCUT2D eigenvalue weighted by atomic mass is 35.5. The maximum absolute atomic E-state index is 11.6. The Morgan fingerprint density at radius 3 is 2.70 bits per heavy atom. The average Bonchev–Trinajstić information content (AvgIpc) is 2.75. The first-order chi connectivity index (χ1) is 9.35. The van der Waals surface area contributed by atoms with E-state index in [0.29, 0.717) is 10.2 Å². The van der Waals surface area contributed by atoms with E-state index in [1.807, 2.05) is 44.4 Å². The van der Waals surface area contributed by atoms with Crippen molar-refractivity contribution in [3.05, 3.63) is 34.7 Å². The summed E-state index contributed by atoms with van der Waals surface area (Å²) in [5.41, 5.74) is 1.03. The van der Waals surface area contributed by atoms with Crippen LogP contribution in [0.3, 0.4) is 0 Å². The van der Waals surface area contributed by atoms with Gasteiger partial charge < -0.3 is 4.74 Å². The zero-order chi connectivity index (χ0) is 14.8. The third kappa shape index (κ3) is 3.95. The molecule has 0 aliphatic heterocycles. The molecule has 1 aromatic heterocycles. The number of halogens is 1. The largest absolute Gasteiger partial charge is 0.444 e. The lowest BCUT2D eigenvalue weighted by molar-refractivity contribution is 0.0636. The molecular formula is C14H15ClN2O2S. The minimum Gasteiger partial charge on any atom is -0.444 e. The Hall–Kier alpha value is -1.59. The molecule has 0 saturated heterocycles. The fourth-order valence-electron chi connectivity index (χ4n) is 1.51. The van der Waals surface area contributed by atoms with Crippen molar-refractivity contribution in [2.45, 2.75) is 26.4 Å². The lowest BCUT2D eigenvalue weighted by atomic mass is 10.2. The van der Waals surface area contributed by atoms with E-state index in [1.165, 1.54) is 11.3 Å². The van der Waals surface area contributed by atoms with Gasteiger partial charge in [0.25, 0.3) is 0 Å². The second-order valence-corrected chi connectivity index (χ2v) is 6.41. The molecule has 6 heteroatoms. The van der Waals surface area contributed by atoms with Gasteiger partial charge in [0.2, 0.25) is 0 Å². The van der Waals surface area contributed by atoms with Crippen molar-refractivity contribution in [3.8, 4) is 11.3 Å². The fraction of sp³-hybridized carbons (Fsp3) is 0.286. The molecule has 0 saturated carbocycles. The zero-order valence-electron chi connectivity index (χ0n) is 11.4. The highest BCUT2D eigenvalue weighted by Crippen LogP contribution is 2.30. The molecule has 1 aromatic carbocycles. The number of rotatable bonds is 2. The smallest absolute Gasteiger partial charge is 0.413 e. The summed E-state index contributed by atoms with van der Waals surface area (Å²) in [5.74, 6) is 0. The molecular weight excluding hydrogens is 296 g/mol. The van der Waals surface area contributed by atoms with Crippen molar-refractivity contribution in [1.82, 2.24) is 4.98 Å². The van der Waals surface area contributed by atoms with E-state index in [2.05, 4.69) is 10.3 Å². The van der Waals surface area contributed by atoms with Crippen LogP contribution in [-0.4, -0.2) is 16.7 Å². The molecule has 0 radical (unpaired) electrons. The number of benzene rings is 1. The minimum absolute atomic E-state index is 0.481. The van der Waals surface area contributed by atoms with Crippen LogP contribution >= 0.6 is 22.9 Å². The maximum Gasteiger partial charge on any atom is 0.413 e. The summed E-state index contributed by atoms with van der Waals surface area (Å²) in [6.45, 7) is 5.43. The summed E-state index contributed by atoms with van der Waals surface area (Å²) in [6, 6.07) is 7.44. The van der Waals surface area contributed by atoms with E-state index in [1.54, 1.807) is 6.07 Å². The van der Waals surface area contributed by atoms with E-state index in [0.717, 1.165) is 11.3 Å². The van der Waals surface area contributed by atoms with Crippen LogP contribution < -0.4 is 5.32 Å². The van der Waals surface area contributed by atoms with Crippen LogP contribution in [0.2, 0.25) is 5.02 Å². The fourth-order valence-corrected chi connectivity index (χ4v) is 2.44. The summed E-state index contributed by atoms with van der Waals surface area (Å²) < 4.78 is 5.17. The second kappa shape index (κ2) is 5.81. The molecule has 0 unspecified atom stereocenters.